The average molecular weight is 322 g/mol. The molecular formula is C8H4ClIN2O2. The van der Waals surface area contributed by atoms with Gasteiger partial charge in [-0.05, 0) is 28.2 Å². The molecule has 0 saturated carbocycles. The summed E-state index contributed by atoms with van der Waals surface area (Å²) >= 11 is 7.55. The van der Waals surface area contributed by atoms with E-state index in [1.807, 2.05) is 28.7 Å². The van der Waals surface area contributed by atoms with Gasteiger partial charge in [-0.3, -0.25) is 10.1 Å². The van der Waals surface area contributed by atoms with Crippen LogP contribution in [0.1, 0.15) is 11.1 Å². The van der Waals surface area contributed by atoms with Crippen LogP contribution in [0.15, 0.2) is 12.1 Å². The van der Waals surface area contributed by atoms with Gasteiger partial charge in [0.2, 0.25) is 0 Å². The van der Waals surface area contributed by atoms with Crippen LogP contribution in [-0.4, -0.2) is 4.92 Å². The van der Waals surface area contributed by atoms with E-state index in [0.717, 1.165) is 0 Å². The van der Waals surface area contributed by atoms with Crippen molar-refractivity contribution in [2.24, 2.45) is 0 Å². The summed E-state index contributed by atoms with van der Waals surface area (Å²) in [4.78, 5) is 9.96. The molecule has 0 atom stereocenters. The topological polar surface area (TPSA) is 66.9 Å². The second kappa shape index (κ2) is 4.57. The molecular weight excluding hydrogens is 318 g/mol. The number of rotatable bonds is 2. The smallest absolute Gasteiger partial charge is 0.258 e. The molecule has 14 heavy (non-hydrogen) atoms. The number of alkyl halides is 1. The maximum atomic E-state index is 10.5. The van der Waals surface area contributed by atoms with E-state index in [1.165, 1.54) is 12.1 Å². The summed E-state index contributed by atoms with van der Waals surface area (Å²) in [7, 11) is 0. The molecule has 4 nitrogen and oxygen atoms in total. The van der Waals surface area contributed by atoms with Crippen molar-refractivity contribution in [2.45, 2.75) is 5.88 Å². The summed E-state index contributed by atoms with van der Waals surface area (Å²) < 4.78 is 0.672. The SMILES string of the molecule is N#Cc1cc([N+](=O)[O-])cc(CCl)c1I. The highest BCUT2D eigenvalue weighted by atomic mass is 127. The molecule has 0 amide bonds. The van der Waals surface area contributed by atoms with E-state index in [-0.39, 0.29) is 17.1 Å². The fourth-order valence-electron chi connectivity index (χ4n) is 0.952. The zero-order valence-corrected chi connectivity index (χ0v) is 9.74. The van der Waals surface area contributed by atoms with E-state index in [9.17, 15) is 10.1 Å². The third kappa shape index (κ3) is 2.13. The molecule has 0 saturated heterocycles. The third-order valence-corrected chi connectivity index (χ3v) is 3.17. The quantitative estimate of drug-likeness (QED) is 0.364. The predicted octanol–water partition coefficient (Wildman–Crippen LogP) is 2.81. The van der Waals surface area contributed by atoms with Gasteiger partial charge < -0.3 is 0 Å². The van der Waals surface area contributed by atoms with E-state index in [2.05, 4.69) is 0 Å². The first-order valence-electron chi connectivity index (χ1n) is 3.53. The normalized spacial score (nSPS) is 9.50. The number of nitriles is 1. The molecule has 0 aromatic heterocycles. The molecule has 6 heteroatoms. The third-order valence-electron chi connectivity index (χ3n) is 1.61. The van der Waals surface area contributed by atoms with Crippen LogP contribution < -0.4 is 0 Å². The lowest BCUT2D eigenvalue weighted by Gasteiger charge is -2.01. The Hall–Kier alpha value is -0.870. The minimum atomic E-state index is -0.535. The number of benzene rings is 1. The number of nitro benzene ring substituents is 1. The summed E-state index contributed by atoms with van der Waals surface area (Å²) in [6.07, 6.45) is 0. The zero-order chi connectivity index (χ0) is 10.7. The molecule has 0 unspecified atom stereocenters. The van der Waals surface area contributed by atoms with Gasteiger partial charge in [0.15, 0.2) is 0 Å². The van der Waals surface area contributed by atoms with Crippen LogP contribution in [-0.2, 0) is 5.88 Å². The molecule has 0 fully saturated rings. The first-order chi connectivity index (χ1) is 6.60. The van der Waals surface area contributed by atoms with Gasteiger partial charge in [-0.25, -0.2) is 0 Å². The van der Waals surface area contributed by atoms with Gasteiger partial charge in [-0.2, -0.15) is 5.26 Å². The van der Waals surface area contributed by atoms with E-state index in [0.29, 0.717) is 9.13 Å². The second-order valence-corrected chi connectivity index (χ2v) is 3.81. The van der Waals surface area contributed by atoms with Crippen molar-refractivity contribution in [1.82, 2.24) is 0 Å². The Morgan fingerprint density at radius 2 is 2.29 bits per heavy atom. The van der Waals surface area contributed by atoms with Gasteiger partial charge in [-0.1, -0.05) is 0 Å². The number of nitrogens with zero attached hydrogens (tertiary/aromatic N) is 2. The molecule has 1 rings (SSSR count). The molecule has 0 aliphatic rings. The van der Waals surface area contributed by atoms with Crippen LogP contribution in [0.3, 0.4) is 0 Å². The number of hydrogen-bond acceptors (Lipinski definition) is 3. The average Bonchev–Trinajstić information content (AvgIpc) is 2.17. The van der Waals surface area contributed by atoms with E-state index < -0.39 is 4.92 Å². The van der Waals surface area contributed by atoms with E-state index in [4.69, 9.17) is 16.9 Å². The predicted molar refractivity (Wildman–Crippen MR) is 60.1 cm³/mol. The molecule has 1 aromatic carbocycles. The first-order valence-corrected chi connectivity index (χ1v) is 5.14. The molecule has 0 aliphatic heterocycles. The zero-order valence-electron chi connectivity index (χ0n) is 6.83. The van der Waals surface area contributed by atoms with Crippen molar-refractivity contribution >= 4 is 39.9 Å². The van der Waals surface area contributed by atoms with Gasteiger partial charge in [-0.15, -0.1) is 11.6 Å². The number of hydrogen-bond donors (Lipinski definition) is 0. The number of non-ortho nitro benzene ring substituents is 1. The fourth-order valence-corrected chi connectivity index (χ4v) is 2.01. The Bertz CT molecular complexity index is 428. The Balaban J connectivity index is 3.41. The lowest BCUT2D eigenvalue weighted by molar-refractivity contribution is -0.384. The maximum Gasteiger partial charge on any atom is 0.271 e. The Kier molecular flexibility index (Phi) is 3.66. The minimum absolute atomic E-state index is 0.0994. The molecule has 1 aromatic rings. The largest absolute Gasteiger partial charge is 0.271 e. The van der Waals surface area contributed by atoms with Gasteiger partial charge in [0.1, 0.15) is 6.07 Å². The molecule has 0 radical (unpaired) electrons. The molecule has 0 bridgehead atoms. The lowest BCUT2D eigenvalue weighted by Crippen LogP contribution is -1.95. The first kappa shape index (κ1) is 11.2. The maximum absolute atomic E-state index is 10.5. The monoisotopic (exact) mass is 322 g/mol. The number of halogens is 2. The van der Waals surface area contributed by atoms with Crippen molar-refractivity contribution in [3.8, 4) is 6.07 Å². The van der Waals surface area contributed by atoms with E-state index >= 15 is 0 Å². The summed E-state index contributed by atoms with van der Waals surface area (Å²) in [5.41, 5.74) is 0.797. The highest BCUT2D eigenvalue weighted by Gasteiger charge is 2.13. The van der Waals surface area contributed by atoms with Crippen molar-refractivity contribution in [3.05, 3.63) is 36.9 Å². The summed E-state index contributed by atoms with van der Waals surface area (Å²) in [6.45, 7) is 0. The van der Waals surface area contributed by atoms with Crippen molar-refractivity contribution < 1.29 is 4.92 Å². The van der Waals surface area contributed by atoms with Crippen LogP contribution in [0.5, 0.6) is 0 Å². The molecule has 0 aliphatic carbocycles. The van der Waals surface area contributed by atoms with Gasteiger partial charge in [0.05, 0.1) is 10.5 Å². The standard InChI is InChI=1S/C8H4ClIN2O2/c9-3-5-1-7(12(13)14)2-6(4-11)8(5)10/h1-2H,3H2. The molecule has 0 N–H and O–H groups in total. The van der Waals surface area contributed by atoms with Crippen LogP contribution in [0.4, 0.5) is 5.69 Å². The highest BCUT2D eigenvalue weighted by Crippen LogP contribution is 2.24. The Morgan fingerprint density at radius 3 is 2.71 bits per heavy atom. The van der Waals surface area contributed by atoms with Gasteiger partial charge in [0.25, 0.3) is 5.69 Å². The van der Waals surface area contributed by atoms with Crippen LogP contribution >= 0.6 is 34.2 Å². The Labute approximate surface area is 98.8 Å². The van der Waals surface area contributed by atoms with Crippen LogP contribution in [0, 0.1) is 25.0 Å². The summed E-state index contributed by atoms with van der Waals surface area (Å²) in [6, 6.07) is 4.53. The fraction of sp³-hybridized carbons (Fsp3) is 0.125. The highest BCUT2D eigenvalue weighted by molar-refractivity contribution is 14.1. The minimum Gasteiger partial charge on any atom is -0.258 e. The summed E-state index contributed by atoms with van der Waals surface area (Å²) in [5, 5.41) is 19.2. The van der Waals surface area contributed by atoms with Crippen LogP contribution in [0.25, 0.3) is 0 Å². The van der Waals surface area contributed by atoms with Crippen molar-refractivity contribution in [2.75, 3.05) is 0 Å². The molecule has 72 valence electrons. The number of nitro groups is 1. The van der Waals surface area contributed by atoms with Gasteiger partial charge in [0, 0.05) is 21.6 Å². The lowest BCUT2D eigenvalue weighted by atomic mass is 10.1. The van der Waals surface area contributed by atoms with Crippen LogP contribution in [0.2, 0.25) is 0 Å². The molecule has 0 spiro atoms. The second-order valence-electron chi connectivity index (χ2n) is 2.47. The van der Waals surface area contributed by atoms with Crippen molar-refractivity contribution in [1.29, 1.82) is 5.26 Å². The van der Waals surface area contributed by atoms with Crippen molar-refractivity contribution in [3.63, 3.8) is 0 Å². The Morgan fingerprint density at radius 1 is 1.64 bits per heavy atom. The van der Waals surface area contributed by atoms with E-state index in [1.54, 1.807) is 0 Å². The van der Waals surface area contributed by atoms with Gasteiger partial charge >= 0.3 is 0 Å². The molecule has 0 heterocycles. The summed E-state index contributed by atoms with van der Waals surface area (Å²) in [5.74, 6) is 0.161.